The first-order valence-corrected chi connectivity index (χ1v) is 4.53. The van der Waals surface area contributed by atoms with E-state index >= 15 is 0 Å². The molecule has 0 aromatic carbocycles. The molecule has 1 heterocycles. The van der Waals surface area contributed by atoms with Crippen molar-refractivity contribution in [1.82, 2.24) is 0 Å². The molecule has 2 bridgehead atoms. The minimum absolute atomic E-state index is 0.365. The van der Waals surface area contributed by atoms with E-state index < -0.39 is 17.9 Å². The van der Waals surface area contributed by atoms with Crippen molar-refractivity contribution in [3.8, 4) is 0 Å². The molecule has 1 saturated heterocycles. The van der Waals surface area contributed by atoms with Crippen LogP contribution in [-0.2, 0) is 14.2 Å². The van der Waals surface area contributed by atoms with Gasteiger partial charge in [-0.2, -0.15) is 0 Å². The molecule has 0 N–H and O–H groups in total. The van der Waals surface area contributed by atoms with Gasteiger partial charge in [-0.1, -0.05) is 0 Å². The lowest BCUT2D eigenvalue weighted by atomic mass is 10.0. The van der Waals surface area contributed by atoms with Gasteiger partial charge in [0.15, 0.2) is 11.4 Å². The van der Waals surface area contributed by atoms with Gasteiger partial charge in [0.05, 0.1) is 0 Å². The maximum Gasteiger partial charge on any atom is 0.523 e. The largest absolute Gasteiger partial charge is 0.523 e. The van der Waals surface area contributed by atoms with Crippen molar-refractivity contribution in [3.63, 3.8) is 0 Å². The molecule has 0 aromatic heterocycles. The van der Waals surface area contributed by atoms with Gasteiger partial charge in [0.1, 0.15) is 0 Å². The number of hydrogen-bond acceptors (Lipinski definition) is 5. The maximum absolute atomic E-state index is 11.0. The summed E-state index contributed by atoms with van der Waals surface area (Å²) < 4.78 is 14.2. The van der Waals surface area contributed by atoms with E-state index in [1.807, 2.05) is 6.08 Å². The summed E-state index contributed by atoms with van der Waals surface area (Å²) in [7, 11) is 0. The van der Waals surface area contributed by atoms with Crippen LogP contribution >= 0.6 is 0 Å². The summed E-state index contributed by atoms with van der Waals surface area (Å²) in [5, 5.41) is 0. The van der Waals surface area contributed by atoms with Crippen LogP contribution in [0, 0.1) is 5.92 Å². The lowest BCUT2D eigenvalue weighted by molar-refractivity contribution is 0.0118. The summed E-state index contributed by atoms with van der Waals surface area (Å²) in [6, 6.07) is 0. The second-order valence-electron chi connectivity index (χ2n) is 3.83. The van der Waals surface area contributed by atoms with E-state index in [9.17, 15) is 9.59 Å². The number of carbonyl (C=O) groups excluding carboxylic acids is 2. The molecule has 0 aromatic rings. The topological polar surface area (TPSA) is 61.8 Å². The van der Waals surface area contributed by atoms with E-state index in [2.05, 4.69) is 4.74 Å². The summed E-state index contributed by atoms with van der Waals surface area (Å²) in [5.41, 5.74) is -0.714. The number of hydrogen-bond donors (Lipinski definition) is 0. The zero-order valence-corrected chi connectivity index (χ0v) is 7.32. The van der Waals surface area contributed by atoms with Gasteiger partial charge in [-0.3, -0.25) is 0 Å². The highest BCUT2D eigenvalue weighted by Crippen LogP contribution is 2.50. The van der Waals surface area contributed by atoms with E-state index in [-0.39, 0.29) is 0 Å². The van der Waals surface area contributed by atoms with E-state index in [1.54, 1.807) is 0 Å². The predicted molar refractivity (Wildman–Crippen MR) is 42.2 cm³/mol. The number of ether oxygens (including phenoxy) is 3. The monoisotopic (exact) mass is 196 g/mol. The Morgan fingerprint density at radius 3 is 2.93 bits per heavy atom. The van der Waals surface area contributed by atoms with Gasteiger partial charge >= 0.3 is 12.3 Å². The van der Waals surface area contributed by atoms with E-state index in [0.717, 1.165) is 6.42 Å². The fourth-order valence-corrected chi connectivity index (χ4v) is 2.41. The Bertz CT molecular complexity index is 358. The number of carbonyl (C=O) groups is 2. The first kappa shape index (κ1) is 7.84. The summed E-state index contributed by atoms with van der Waals surface area (Å²) in [6.07, 6.45) is 2.29. The van der Waals surface area contributed by atoms with Gasteiger partial charge in [0.25, 0.3) is 0 Å². The fourth-order valence-electron chi connectivity index (χ4n) is 2.41. The molecule has 0 amide bonds. The Hall–Kier alpha value is -1.52. The second-order valence-corrected chi connectivity index (χ2v) is 3.83. The number of cyclic esters (lactones) is 2. The SMILES string of the molecule is O=C1OC(=O)OC23CCC(C=C2O1)C3. The van der Waals surface area contributed by atoms with Crippen molar-refractivity contribution in [2.75, 3.05) is 0 Å². The zero-order chi connectivity index (χ0) is 9.76. The van der Waals surface area contributed by atoms with Crippen LogP contribution in [-0.4, -0.2) is 17.9 Å². The summed E-state index contributed by atoms with van der Waals surface area (Å²) in [5.74, 6) is 0.813. The van der Waals surface area contributed by atoms with Gasteiger partial charge in [-0.25, -0.2) is 9.59 Å². The van der Waals surface area contributed by atoms with Crippen LogP contribution in [0.25, 0.3) is 0 Å². The van der Waals surface area contributed by atoms with Gasteiger partial charge < -0.3 is 14.2 Å². The van der Waals surface area contributed by atoms with Gasteiger partial charge in [0, 0.05) is 6.42 Å². The van der Waals surface area contributed by atoms with E-state index in [1.165, 1.54) is 0 Å². The molecule has 14 heavy (non-hydrogen) atoms. The standard InChI is InChI=1S/C9H8O5/c10-7-12-6-3-5-1-2-9(6,4-5)14-8(11)13-7/h3,5H,1-2,4H2. The summed E-state index contributed by atoms with van der Waals surface area (Å²) >= 11 is 0. The third-order valence-electron chi connectivity index (χ3n) is 2.99. The van der Waals surface area contributed by atoms with Crippen molar-refractivity contribution in [3.05, 3.63) is 11.8 Å². The van der Waals surface area contributed by atoms with Gasteiger partial charge in [-0.15, -0.1) is 0 Å². The molecule has 5 nitrogen and oxygen atoms in total. The van der Waals surface area contributed by atoms with Crippen LogP contribution < -0.4 is 0 Å². The molecular weight excluding hydrogens is 188 g/mol. The highest BCUT2D eigenvalue weighted by Gasteiger charge is 2.54. The smallest absolute Gasteiger partial charge is 0.419 e. The molecule has 2 atom stereocenters. The third-order valence-corrected chi connectivity index (χ3v) is 2.99. The van der Waals surface area contributed by atoms with Gasteiger partial charge in [0.2, 0.25) is 0 Å². The highest BCUT2D eigenvalue weighted by molar-refractivity contribution is 5.79. The molecule has 2 fully saturated rings. The molecular formula is C9H8O5. The Morgan fingerprint density at radius 1 is 1.29 bits per heavy atom. The van der Waals surface area contributed by atoms with Crippen molar-refractivity contribution in [2.24, 2.45) is 5.92 Å². The Balaban J connectivity index is 2.02. The molecule has 3 rings (SSSR count). The van der Waals surface area contributed by atoms with Crippen molar-refractivity contribution >= 4 is 12.3 Å². The predicted octanol–water partition coefficient (Wildman–Crippen LogP) is 1.73. The molecule has 2 unspecified atom stereocenters. The Labute approximate surface area is 79.6 Å². The average Bonchev–Trinajstić information content (AvgIpc) is 2.56. The van der Waals surface area contributed by atoms with Crippen LogP contribution in [0.5, 0.6) is 0 Å². The van der Waals surface area contributed by atoms with Crippen molar-refractivity contribution in [1.29, 1.82) is 0 Å². The minimum atomic E-state index is -0.995. The van der Waals surface area contributed by atoms with Crippen LogP contribution in [0.3, 0.4) is 0 Å². The normalized spacial score (nSPS) is 39.1. The van der Waals surface area contributed by atoms with Crippen LogP contribution in [0.4, 0.5) is 9.59 Å². The first-order valence-electron chi connectivity index (χ1n) is 4.53. The molecule has 3 aliphatic rings. The van der Waals surface area contributed by atoms with E-state index in [4.69, 9.17) is 9.47 Å². The van der Waals surface area contributed by atoms with E-state index in [0.29, 0.717) is 24.5 Å². The van der Waals surface area contributed by atoms with Crippen molar-refractivity contribution < 1.29 is 23.8 Å². The molecule has 1 aliphatic heterocycles. The van der Waals surface area contributed by atoms with Gasteiger partial charge in [-0.05, 0) is 24.8 Å². The van der Waals surface area contributed by atoms with Crippen LogP contribution in [0.2, 0.25) is 0 Å². The van der Waals surface area contributed by atoms with Crippen LogP contribution in [0.15, 0.2) is 11.8 Å². The zero-order valence-electron chi connectivity index (χ0n) is 7.32. The lowest BCUT2D eigenvalue weighted by Crippen LogP contribution is -2.31. The van der Waals surface area contributed by atoms with Crippen molar-refractivity contribution in [2.45, 2.75) is 24.9 Å². The number of fused-ring (bicyclic) bond motifs is 1. The quantitative estimate of drug-likeness (QED) is 0.436. The summed E-state index contributed by atoms with van der Waals surface area (Å²) in [4.78, 5) is 22.0. The molecule has 1 saturated carbocycles. The highest BCUT2D eigenvalue weighted by atomic mass is 16.8. The molecule has 5 heteroatoms. The fraction of sp³-hybridized carbons (Fsp3) is 0.556. The second kappa shape index (κ2) is 2.29. The lowest BCUT2D eigenvalue weighted by Gasteiger charge is -2.23. The molecule has 74 valence electrons. The maximum atomic E-state index is 11.0. The first-order chi connectivity index (χ1) is 6.68. The average molecular weight is 196 g/mol. The molecule has 2 aliphatic carbocycles. The number of allylic oxidation sites excluding steroid dienone is 1. The molecule has 0 radical (unpaired) electrons. The molecule has 1 spiro atoms. The summed E-state index contributed by atoms with van der Waals surface area (Å²) in [6.45, 7) is 0. The third kappa shape index (κ3) is 0.893. The Morgan fingerprint density at radius 2 is 2.14 bits per heavy atom. The van der Waals surface area contributed by atoms with Crippen LogP contribution in [0.1, 0.15) is 19.3 Å². The number of rotatable bonds is 0. The Kier molecular flexibility index (Phi) is 1.28. The minimum Gasteiger partial charge on any atom is -0.419 e.